The second kappa shape index (κ2) is 14.1. The molecule has 0 unspecified atom stereocenters. The van der Waals surface area contributed by atoms with Gasteiger partial charge in [-0.2, -0.15) is 22.5 Å². The van der Waals surface area contributed by atoms with Gasteiger partial charge in [-0.1, -0.05) is 10.3 Å². The molecule has 0 bridgehead atoms. The Morgan fingerprint density at radius 2 is 1.62 bits per heavy atom. The van der Waals surface area contributed by atoms with Gasteiger partial charge in [0.1, 0.15) is 5.88 Å². The Bertz CT molecular complexity index is 641. The summed E-state index contributed by atoms with van der Waals surface area (Å²) in [5, 5.41) is 12.8. The lowest BCUT2D eigenvalue weighted by Crippen LogP contribution is -2.32. The molecule has 0 fully saturated rings. The van der Waals surface area contributed by atoms with Crippen LogP contribution in [0.15, 0.2) is 9.68 Å². The lowest BCUT2D eigenvalue weighted by molar-refractivity contribution is 0.00558. The van der Waals surface area contributed by atoms with Crippen molar-refractivity contribution in [3.05, 3.63) is 23.1 Å². The molecule has 0 saturated carbocycles. The normalized spacial score (nSPS) is 11.4. The number of oxime groups is 1. The van der Waals surface area contributed by atoms with E-state index in [9.17, 15) is 26.3 Å². The molecule has 0 aliphatic rings. The first kappa shape index (κ1) is 31.7. The summed E-state index contributed by atoms with van der Waals surface area (Å²) in [6.07, 6.45) is -0.667. The van der Waals surface area contributed by atoms with Gasteiger partial charge >= 0.3 is 17.9 Å². The van der Waals surface area contributed by atoms with Crippen molar-refractivity contribution in [2.24, 2.45) is 10.9 Å². The fraction of sp³-hybridized carbons (Fsp3) is 0.636. The van der Waals surface area contributed by atoms with Crippen LogP contribution in [0.4, 0.5) is 26.3 Å². The van der Waals surface area contributed by atoms with E-state index >= 15 is 0 Å². The highest BCUT2D eigenvalue weighted by molar-refractivity contribution is 7.49. The summed E-state index contributed by atoms with van der Waals surface area (Å²) in [4.78, 5) is 5.28. The summed E-state index contributed by atoms with van der Waals surface area (Å²) in [7, 11) is 14.0. The van der Waals surface area contributed by atoms with Crippen LogP contribution in [0, 0.1) is 6.57 Å². The van der Waals surface area contributed by atoms with E-state index in [4.69, 9.17) is 23.4 Å². The van der Waals surface area contributed by atoms with Crippen LogP contribution >= 0.6 is 11.6 Å². The molecule has 0 aliphatic heterocycles. The Hall–Kier alpha value is -1.97. The van der Waals surface area contributed by atoms with Crippen molar-refractivity contribution in [2.45, 2.75) is 44.5 Å². The maximum absolute atomic E-state index is 12.4. The topological polar surface area (TPSA) is 102 Å². The molecule has 0 aromatic carbocycles. The molecular formula is C11H14B4ClF6N5O2. The third-order valence-electron chi connectivity index (χ3n) is 1.73. The van der Waals surface area contributed by atoms with Crippen LogP contribution in [-0.4, -0.2) is 62.7 Å². The molecule has 0 saturated heterocycles. The summed E-state index contributed by atoms with van der Waals surface area (Å²) in [6, 6.07) is -3.17. The number of nitrogens with two attached hydrogens (primary N) is 1. The number of rotatable bonds is 3. The zero-order valence-corrected chi connectivity index (χ0v) is 16.1. The van der Waals surface area contributed by atoms with E-state index in [1.165, 1.54) is 0 Å². The molecule has 1 rings (SSSR count). The molecule has 6 radical (unpaired) electrons. The smallest absolute Gasteiger partial charge is 0.409 e. The second-order valence-corrected chi connectivity index (χ2v) is 5.21. The molecule has 1 aromatic rings. The highest BCUT2D eigenvalue weighted by atomic mass is 35.5. The number of hydrogen-bond acceptors (Lipinski definition) is 5. The molecule has 0 spiro atoms. The maximum atomic E-state index is 12.4. The van der Waals surface area contributed by atoms with Crippen molar-refractivity contribution in [1.82, 2.24) is 10.1 Å². The third kappa shape index (κ3) is 22.2. The summed E-state index contributed by atoms with van der Waals surface area (Å²) in [5.41, 5.74) is 4.50. The molecule has 156 valence electrons. The number of halogens is 7. The Morgan fingerprint density at radius 3 is 1.72 bits per heavy atom. The monoisotopic (exact) mass is 441 g/mol. The molecule has 1 heterocycles. The number of aromatic nitrogens is 2. The summed E-state index contributed by atoms with van der Waals surface area (Å²) >= 11 is 5.25. The van der Waals surface area contributed by atoms with E-state index in [0.29, 0.717) is 20.8 Å². The van der Waals surface area contributed by atoms with Gasteiger partial charge in [-0.3, -0.25) is 0 Å². The van der Waals surface area contributed by atoms with Crippen molar-refractivity contribution in [1.29, 1.82) is 0 Å². The van der Waals surface area contributed by atoms with Crippen molar-refractivity contribution in [3.8, 4) is 0 Å². The standard InChI is InChI=1S/C5H5ClF2N2O.C3H6F2N2O.C3H3F2N.B4/c1-5(7,8)4-9-3(2-6)11-10-4;1-3(4,5)2(6)7-8;1-3(4,5)6-2;1-4(2)3/h2H2,1H3;8H,1H3,(H2,6,7);1H3;. The van der Waals surface area contributed by atoms with Crippen LogP contribution in [-0.2, 0) is 11.8 Å². The van der Waals surface area contributed by atoms with Gasteiger partial charge in [0.05, 0.1) is 6.92 Å². The Morgan fingerprint density at radius 1 is 1.24 bits per heavy atom. The van der Waals surface area contributed by atoms with Crippen molar-refractivity contribution in [2.75, 3.05) is 0 Å². The van der Waals surface area contributed by atoms with Gasteiger partial charge in [0.2, 0.25) is 17.6 Å². The average molecular weight is 441 g/mol. The van der Waals surface area contributed by atoms with Gasteiger partial charge in [0.15, 0.2) is 0 Å². The van der Waals surface area contributed by atoms with Crippen LogP contribution in [0.3, 0.4) is 0 Å². The van der Waals surface area contributed by atoms with Crippen molar-refractivity contribution < 1.29 is 36.1 Å². The molecule has 18 heteroatoms. The third-order valence-corrected chi connectivity index (χ3v) is 1.96. The Balaban J connectivity index is -0.000000333. The maximum Gasteiger partial charge on any atom is 0.524 e. The highest BCUT2D eigenvalue weighted by Gasteiger charge is 2.30. The van der Waals surface area contributed by atoms with E-state index in [0.717, 1.165) is 0 Å². The molecule has 0 amide bonds. The minimum atomic E-state index is -3.21. The van der Waals surface area contributed by atoms with Crippen LogP contribution < -0.4 is 5.73 Å². The first-order chi connectivity index (χ1) is 12.8. The van der Waals surface area contributed by atoms with Crippen molar-refractivity contribution in [3.63, 3.8) is 0 Å². The number of alkyl halides is 7. The largest absolute Gasteiger partial charge is 0.524 e. The molecule has 7 nitrogen and oxygen atoms in total. The van der Waals surface area contributed by atoms with Gasteiger partial charge in [-0.05, 0) is 0 Å². The minimum Gasteiger partial charge on any atom is -0.409 e. The SMILES string of the molecule is CC(F)(F)/C(N)=N/O.CC(F)(F)c1noc(CCl)n1.[B]B([B])[B].[C-]#[N+]C(C)(F)F. The Labute approximate surface area is 172 Å². The zero-order chi connectivity index (χ0) is 24.1. The van der Waals surface area contributed by atoms with E-state index in [-0.39, 0.29) is 11.8 Å². The van der Waals surface area contributed by atoms with Gasteiger partial charge in [0, 0.05) is 43.4 Å². The number of nitrogens with zero attached hydrogens (tertiary/aromatic N) is 4. The van der Waals surface area contributed by atoms with E-state index in [2.05, 4.69) is 48.8 Å². The summed E-state index contributed by atoms with van der Waals surface area (Å²) in [5.74, 6) is -8.03. The predicted octanol–water partition coefficient (Wildman–Crippen LogP) is 2.30. The summed E-state index contributed by atoms with van der Waals surface area (Å²) in [6.45, 7) is 7.52. The number of hydrogen-bond donors (Lipinski definition) is 2. The second-order valence-electron chi connectivity index (χ2n) is 4.94. The number of amidine groups is 1. The quantitative estimate of drug-likeness (QED) is 0.0864. The minimum absolute atomic E-state index is 0.00296. The first-order valence-corrected chi connectivity index (χ1v) is 7.51. The van der Waals surface area contributed by atoms with Crippen molar-refractivity contribution >= 4 is 47.0 Å². The fourth-order valence-electron chi connectivity index (χ4n) is 0.575. The summed E-state index contributed by atoms with van der Waals surface area (Å²) < 4.78 is 74.7. The van der Waals surface area contributed by atoms with Crippen LogP contribution in [0.2, 0.25) is 0 Å². The predicted molar refractivity (Wildman–Crippen MR) is 97.7 cm³/mol. The van der Waals surface area contributed by atoms with E-state index in [1.807, 2.05) is 4.85 Å². The highest BCUT2D eigenvalue weighted by Crippen LogP contribution is 2.23. The lowest BCUT2D eigenvalue weighted by atomic mass is 9.08. The molecule has 29 heavy (non-hydrogen) atoms. The van der Waals surface area contributed by atoms with Gasteiger partial charge in [-0.25, -0.2) is 11.4 Å². The zero-order valence-electron chi connectivity index (χ0n) is 15.4. The van der Waals surface area contributed by atoms with Gasteiger partial charge in [0.25, 0.3) is 0 Å². The average Bonchev–Trinajstić information content (AvgIpc) is 3.02. The molecule has 3 N–H and O–H groups in total. The fourth-order valence-corrected chi connectivity index (χ4v) is 0.684. The molecule has 1 aromatic heterocycles. The van der Waals surface area contributed by atoms with Gasteiger partial charge < -0.3 is 15.5 Å². The lowest BCUT2D eigenvalue weighted by Gasteiger charge is -2.04. The first-order valence-electron chi connectivity index (χ1n) is 6.97. The molecule has 0 atom stereocenters. The van der Waals surface area contributed by atoms with E-state index < -0.39 is 35.9 Å². The van der Waals surface area contributed by atoms with E-state index in [1.54, 1.807) is 0 Å². The molecular weight excluding hydrogens is 427 g/mol. The van der Waals surface area contributed by atoms with Crippen LogP contribution in [0.25, 0.3) is 4.85 Å². The van der Waals surface area contributed by atoms with Gasteiger partial charge in [-0.15, -0.1) is 20.4 Å². The van der Waals surface area contributed by atoms with Crippen LogP contribution in [0.1, 0.15) is 32.5 Å². The molecule has 0 aliphatic carbocycles. The Kier molecular flexibility index (Phi) is 15.4. The van der Waals surface area contributed by atoms with Crippen LogP contribution in [0.5, 0.6) is 0 Å².